The van der Waals surface area contributed by atoms with Crippen molar-refractivity contribution in [2.24, 2.45) is 0 Å². The maximum absolute atomic E-state index is 13.4. The molecule has 12 nitrogen and oxygen atoms in total. The van der Waals surface area contributed by atoms with Crippen LogP contribution in [0.5, 0.6) is 17.2 Å². The zero-order chi connectivity index (χ0) is 31.5. The monoisotopic (exact) mass is 614 g/mol. The molecule has 1 saturated heterocycles. The number of oxazole rings is 1. The van der Waals surface area contributed by atoms with Crippen LogP contribution in [0.15, 0.2) is 75.9 Å². The molecule has 3 amide bonds. The number of likely N-dealkylation sites (tertiary alicyclic amines) is 1. The Morgan fingerprint density at radius 1 is 1.02 bits per heavy atom. The summed E-state index contributed by atoms with van der Waals surface area (Å²) < 4.78 is 24.7. The van der Waals surface area contributed by atoms with Gasteiger partial charge in [0.25, 0.3) is 5.91 Å². The topological polar surface area (TPSA) is 133 Å². The second-order valence-corrected chi connectivity index (χ2v) is 11.1. The molecule has 2 atom stereocenters. The van der Waals surface area contributed by atoms with Crippen LogP contribution < -0.4 is 20.5 Å². The van der Waals surface area contributed by atoms with E-state index in [1.165, 1.54) is 9.47 Å². The van der Waals surface area contributed by atoms with Crippen LogP contribution >= 0.6 is 0 Å². The fraction of sp³-hybridized carbons (Fsp3) is 0.333. The molecule has 6 rings (SSSR count). The third-order valence-corrected chi connectivity index (χ3v) is 7.88. The molecule has 1 N–H and O–H groups in total. The summed E-state index contributed by atoms with van der Waals surface area (Å²) in [7, 11) is 1.54. The minimum atomic E-state index is -0.612. The van der Waals surface area contributed by atoms with Crippen LogP contribution in [0.1, 0.15) is 29.3 Å². The van der Waals surface area contributed by atoms with Gasteiger partial charge in [-0.25, -0.2) is 4.79 Å². The summed E-state index contributed by atoms with van der Waals surface area (Å²) >= 11 is 0. The first-order valence-corrected chi connectivity index (χ1v) is 14.8. The number of rotatable bonds is 4. The molecule has 2 aliphatic heterocycles. The molecule has 0 aliphatic carbocycles. The maximum atomic E-state index is 13.4. The van der Waals surface area contributed by atoms with E-state index in [-0.39, 0.29) is 38.1 Å². The molecule has 1 aromatic heterocycles. The van der Waals surface area contributed by atoms with Crippen LogP contribution in [-0.4, -0.2) is 77.5 Å². The molecule has 3 heterocycles. The van der Waals surface area contributed by atoms with Crippen LogP contribution in [0.3, 0.4) is 0 Å². The minimum Gasteiger partial charge on any atom is -0.494 e. The lowest BCUT2D eigenvalue weighted by Gasteiger charge is -2.39. The molecule has 1 fully saturated rings. The number of carbonyl (C=O) groups excluding carboxylic acids is 3. The van der Waals surface area contributed by atoms with E-state index in [0.29, 0.717) is 53.5 Å². The predicted molar refractivity (Wildman–Crippen MR) is 163 cm³/mol. The van der Waals surface area contributed by atoms with Gasteiger partial charge in [-0.2, -0.15) is 0 Å². The number of piperidine rings is 1. The Morgan fingerprint density at radius 2 is 1.87 bits per heavy atom. The highest BCUT2D eigenvalue weighted by molar-refractivity contribution is 5.97. The van der Waals surface area contributed by atoms with Crippen molar-refractivity contribution >= 4 is 28.8 Å². The van der Waals surface area contributed by atoms with Gasteiger partial charge >= 0.3 is 5.76 Å². The van der Waals surface area contributed by atoms with E-state index in [1.54, 1.807) is 54.4 Å². The zero-order valence-electron chi connectivity index (χ0n) is 25.1. The molecule has 234 valence electrons. The Balaban J connectivity index is 1.24. The van der Waals surface area contributed by atoms with Gasteiger partial charge in [0.05, 0.1) is 37.4 Å². The molecule has 3 aromatic carbocycles. The quantitative estimate of drug-likeness (QED) is 0.371. The fourth-order valence-corrected chi connectivity index (χ4v) is 5.70. The summed E-state index contributed by atoms with van der Waals surface area (Å²) in [6, 6.07) is 18.7. The van der Waals surface area contributed by atoms with Crippen LogP contribution in [-0.2, 0) is 27.5 Å². The number of nitrogens with zero attached hydrogens (tertiary/aromatic N) is 3. The van der Waals surface area contributed by atoms with E-state index in [2.05, 4.69) is 5.32 Å². The van der Waals surface area contributed by atoms with Crippen LogP contribution in [0.2, 0.25) is 0 Å². The van der Waals surface area contributed by atoms with E-state index < -0.39 is 23.8 Å². The van der Waals surface area contributed by atoms with E-state index in [9.17, 15) is 19.2 Å². The Morgan fingerprint density at radius 3 is 2.71 bits per heavy atom. The first kappa shape index (κ1) is 29.9. The fourth-order valence-electron chi connectivity index (χ4n) is 5.70. The highest BCUT2D eigenvalue weighted by Crippen LogP contribution is 2.29. The average molecular weight is 615 g/mol. The number of ether oxygens (including phenoxy) is 3. The van der Waals surface area contributed by atoms with Crippen molar-refractivity contribution in [3.05, 3.63) is 88.4 Å². The first-order valence-electron chi connectivity index (χ1n) is 14.8. The van der Waals surface area contributed by atoms with Crippen molar-refractivity contribution in [3.63, 3.8) is 0 Å². The van der Waals surface area contributed by atoms with Crippen LogP contribution in [0.25, 0.3) is 11.1 Å². The molecule has 0 unspecified atom stereocenters. The molecule has 4 bridgehead atoms. The SMILES string of the molecule is CCOc1cc2cc(c1)C(=O)N(C)CC(=O)N[C@H]1CN(C(=O)Cn3c(=O)oc4ccccc43)CC[C@H]1OCc1cccc(c1)O2. The number of aromatic nitrogens is 1. The number of carbonyl (C=O) groups is 3. The first-order chi connectivity index (χ1) is 21.8. The number of hydrogen-bond donors (Lipinski definition) is 1. The van der Waals surface area contributed by atoms with E-state index in [0.717, 1.165) is 5.56 Å². The van der Waals surface area contributed by atoms with Crippen molar-refractivity contribution in [2.75, 3.05) is 33.3 Å². The largest absolute Gasteiger partial charge is 0.494 e. The second-order valence-electron chi connectivity index (χ2n) is 11.1. The zero-order valence-corrected chi connectivity index (χ0v) is 25.1. The maximum Gasteiger partial charge on any atom is 0.420 e. The van der Waals surface area contributed by atoms with Crippen LogP contribution in [0, 0.1) is 0 Å². The summed E-state index contributed by atoms with van der Waals surface area (Å²) in [6.07, 6.45) is 0.0448. The summed E-state index contributed by atoms with van der Waals surface area (Å²) in [6.45, 7) is 2.62. The molecule has 0 spiro atoms. The Labute approximate surface area is 259 Å². The third-order valence-electron chi connectivity index (χ3n) is 7.88. The number of likely N-dealkylation sites (N-methyl/N-ethyl adjacent to an activating group) is 1. The standard InChI is InChI=1S/C33H34N4O8/c1-3-42-24-14-22-15-25(16-24)44-23-8-6-7-21(13-23)20-43-28-11-12-36(17-26(28)34-30(38)18-35(2)32(22)40)31(39)19-37-27-9-4-5-10-29(27)45-33(37)41/h4-10,13-16,26,28H,3,11-12,17-20H2,1-2H3,(H,34,38)/t26-,28+/m0/s1. The average Bonchev–Trinajstić information content (AvgIpc) is 3.34. The Kier molecular flexibility index (Phi) is 8.56. The van der Waals surface area contributed by atoms with Crippen molar-refractivity contribution in [1.29, 1.82) is 0 Å². The second kappa shape index (κ2) is 12.9. The molecule has 2 aliphatic rings. The predicted octanol–water partition coefficient (Wildman–Crippen LogP) is 3.17. The summed E-state index contributed by atoms with van der Waals surface area (Å²) in [5, 5.41) is 2.99. The number of hydrogen-bond acceptors (Lipinski definition) is 8. The smallest absolute Gasteiger partial charge is 0.420 e. The van der Waals surface area contributed by atoms with E-state index >= 15 is 0 Å². The van der Waals surface area contributed by atoms with Crippen molar-refractivity contribution in [2.45, 2.75) is 38.6 Å². The van der Waals surface area contributed by atoms with Gasteiger partial charge in [-0.05, 0) is 55.3 Å². The number of fused-ring (bicyclic) bond motifs is 6. The van der Waals surface area contributed by atoms with Crippen molar-refractivity contribution in [3.8, 4) is 17.2 Å². The lowest BCUT2D eigenvalue weighted by atomic mass is 10.0. The van der Waals surface area contributed by atoms with Gasteiger partial charge in [-0.3, -0.25) is 19.0 Å². The number of para-hydroxylation sites is 2. The van der Waals surface area contributed by atoms with Gasteiger partial charge in [0.2, 0.25) is 11.8 Å². The van der Waals surface area contributed by atoms with Gasteiger partial charge in [0.15, 0.2) is 5.58 Å². The van der Waals surface area contributed by atoms with Crippen LogP contribution in [0.4, 0.5) is 0 Å². The minimum absolute atomic E-state index is 0.167. The molecule has 45 heavy (non-hydrogen) atoms. The molecular formula is C33H34N4O8. The summed E-state index contributed by atoms with van der Waals surface area (Å²) in [5.74, 6) is -0.224. The normalized spacial score (nSPS) is 19.1. The van der Waals surface area contributed by atoms with Crippen molar-refractivity contribution < 1.29 is 33.0 Å². The highest BCUT2D eigenvalue weighted by Gasteiger charge is 2.34. The van der Waals surface area contributed by atoms with Gasteiger partial charge in [-0.15, -0.1) is 0 Å². The Bertz CT molecular complexity index is 1800. The number of nitrogens with one attached hydrogen (secondary N) is 1. The van der Waals surface area contributed by atoms with E-state index in [1.807, 2.05) is 31.2 Å². The molecule has 4 aromatic rings. The Hall–Kier alpha value is -5.10. The van der Waals surface area contributed by atoms with E-state index in [4.69, 9.17) is 18.6 Å². The molecule has 12 heteroatoms. The molecule has 0 saturated carbocycles. The number of benzene rings is 3. The lowest BCUT2D eigenvalue weighted by Crippen LogP contribution is -2.58. The number of amides is 3. The third kappa shape index (κ3) is 6.70. The lowest BCUT2D eigenvalue weighted by molar-refractivity contribution is -0.138. The molecular weight excluding hydrogens is 580 g/mol. The highest BCUT2D eigenvalue weighted by atomic mass is 16.5. The van der Waals surface area contributed by atoms with Gasteiger partial charge < -0.3 is 33.7 Å². The van der Waals surface area contributed by atoms with Gasteiger partial charge in [0.1, 0.15) is 23.8 Å². The molecule has 0 radical (unpaired) electrons. The van der Waals surface area contributed by atoms with Gasteiger partial charge in [0, 0.05) is 31.8 Å². The van der Waals surface area contributed by atoms with Gasteiger partial charge in [-0.1, -0.05) is 24.3 Å². The summed E-state index contributed by atoms with van der Waals surface area (Å²) in [5.41, 5.74) is 2.10. The van der Waals surface area contributed by atoms with Crippen molar-refractivity contribution in [1.82, 2.24) is 19.7 Å². The summed E-state index contributed by atoms with van der Waals surface area (Å²) in [4.78, 5) is 55.5.